The first-order chi connectivity index (χ1) is 6.68. The Kier molecular flexibility index (Phi) is 10.4. The van der Waals surface area contributed by atoms with Gasteiger partial charge in [0.25, 0.3) is 0 Å². The predicted octanol–water partition coefficient (Wildman–Crippen LogP) is 2.81. The van der Waals surface area contributed by atoms with Gasteiger partial charge in [-0.15, -0.1) is 0 Å². The molecule has 0 unspecified atom stereocenters. The van der Waals surface area contributed by atoms with Crippen LogP contribution in [0.5, 0.6) is 0 Å². The Hall–Kier alpha value is 0.540. The zero-order valence-corrected chi connectivity index (χ0v) is 12.6. The van der Waals surface area contributed by atoms with Crippen LogP contribution >= 0.6 is 15.1 Å². The van der Waals surface area contributed by atoms with Gasteiger partial charge in [-0.2, -0.15) is 0 Å². The summed E-state index contributed by atoms with van der Waals surface area (Å²) < 4.78 is 18.0. The molecule has 0 saturated heterocycles. The number of hydrogen-bond donors (Lipinski definition) is 1. The summed E-state index contributed by atoms with van der Waals surface area (Å²) in [5, 5.41) is 0. The molecule has 0 aromatic rings. The molecule has 0 saturated carbocycles. The van der Waals surface area contributed by atoms with Gasteiger partial charge >= 0.3 is 61.0 Å². The minimum atomic E-state index is -3.65. The van der Waals surface area contributed by atoms with Gasteiger partial charge in [-0.05, 0) is 0 Å². The first-order valence-electron chi connectivity index (χ1n) is 5.12. The number of phosphoric acid groups is 1. The fraction of sp³-hybridized carbons (Fsp3) is 1.00. The van der Waals surface area contributed by atoms with E-state index in [1.807, 2.05) is 0 Å². The Morgan fingerprint density at radius 2 is 1.60 bits per heavy atom. The molecule has 0 aromatic carbocycles. The third kappa shape index (κ3) is 17.2. The molecule has 0 heterocycles. The van der Waals surface area contributed by atoms with Crippen molar-refractivity contribution in [1.29, 1.82) is 0 Å². The summed E-state index contributed by atoms with van der Waals surface area (Å²) in [4.78, 5) is 8.24. The van der Waals surface area contributed by atoms with Gasteiger partial charge in [-0.3, -0.25) is 9.05 Å². The summed E-state index contributed by atoms with van der Waals surface area (Å²) in [6.07, 6.45) is 4.31. The molecule has 0 fully saturated rings. The van der Waals surface area contributed by atoms with E-state index < -0.39 is 15.1 Å². The standard InChI is InChI=1S/C7H19P.C2H7O4P/c1-5-6-7-8(2,3)4;1-5-7(3,4)6-2/h8H,5-7H2,1-4H3;1-2H3,(H,3,4). The van der Waals surface area contributed by atoms with Gasteiger partial charge in [0.1, 0.15) is 0 Å². The first kappa shape index (κ1) is 17.9. The third-order valence-corrected chi connectivity index (χ3v) is 4.52. The van der Waals surface area contributed by atoms with E-state index in [4.69, 9.17) is 4.89 Å². The molecule has 96 valence electrons. The van der Waals surface area contributed by atoms with E-state index >= 15 is 0 Å². The van der Waals surface area contributed by atoms with Gasteiger partial charge in [0.2, 0.25) is 0 Å². The van der Waals surface area contributed by atoms with Gasteiger partial charge in [0.15, 0.2) is 0 Å². The molecule has 0 aliphatic heterocycles. The van der Waals surface area contributed by atoms with Crippen molar-refractivity contribution < 1.29 is 18.5 Å². The Balaban J connectivity index is 0. The number of phosphoric ester groups is 1. The van der Waals surface area contributed by atoms with Crippen LogP contribution in [0.25, 0.3) is 0 Å². The molecule has 1 N–H and O–H groups in total. The van der Waals surface area contributed by atoms with Crippen LogP contribution in [0.2, 0.25) is 0 Å². The normalized spacial score (nSPS) is 13.0. The van der Waals surface area contributed by atoms with Gasteiger partial charge in [0.05, 0.1) is 0 Å². The Morgan fingerprint density at radius 1 is 1.20 bits per heavy atom. The van der Waals surface area contributed by atoms with Crippen LogP contribution in [0.3, 0.4) is 0 Å². The SMILES string of the molecule is CCCC[PH](C)(C)C.COP(=O)(O)OC. The minimum Gasteiger partial charge on any atom is -0.303 e. The summed E-state index contributed by atoms with van der Waals surface area (Å²) in [6, 6.07) is 0. The van der Waals surface area contributed by atoms with Crippen LogP contribution in [0.1, 0.15) is 19.8 Å². The maximum absolute atomic E-state index is 10.1. The van der Waals surface area contributed by atoms with Crippen LogP contribution < -0.4 is 0 Å². The Bertz CT molecular complexity index is 181. The molecule has 15 heavy (non-hydrogen) atoms. The topological polar surface area (TPSA) is 55.8 Å². The van der Waals surface area contributed by atoms with Gasteiger partial charge in [-0.1, -0.05) is 0 Å². The van der Waals surface area contributed by atoms with Crippen molar-refractivity contribution in [2.75, 3.05) is 40.4 Å². The smallest absolute Gasteiger partial charge is 0.303 e. The van der Waals surface area contributed by atoms with Crippen molar-refractivity contribution in [3.05, 3.63) is 0 Å². The molecule has 4 nitrogen and oxygen atoms in total. The molecular weight excluding hydrogens is 234 g/mol. The Labute approximate surface area is 94.3 Å². The molecule has 6 heteroatoms. The average Bonchev–Trinajstić information content (AvgIpc) is 2.15. The molecule has 0 aliphatic carbocycles. The zero-order chi connectivity index (χ0) is 12.5. The summed E-state index contributed by atoms with van der Waals surface area (Å²) in [5.41, 5.74) is 0. The van der Waals surface area contributed by atoms with Crippen LogP contribution in [0.15, 0.2) is 0 Å². The van der Waals surface area contributed by atoms with Crippen molar-refractivity contribution in [1.82, 2.24) is 0 Å². The molecule has 0 rings (SSSR count). The van der Waals surface area contributed by atoms with E-state index in [9.17, 15) is 4.57 Å². The molecule has 0 spiro atoms. The fourth-order valence-electron chi connectivity index (χ4n) is 0.782. The molecular formula is C9H26O4P2. The monoisotopic (exact) mass is 260 g/mol. The van der Waals surface area contributed by atoms with Crippen LogP contribution in [0.4, 0.5) is 0 Å². The van der Waals surface area contributed by atoms with Crippen LogP contribution in [-0.2, 0) is 13.6 Å². The number of unbranched alkanes of at least 4 members (excludes halogenated alkanes) is 1. The largest absolute Gasteiger partial charge is 0.471 e. The molecule has 0 bridgehead atoms. The summed E-state index contributed by atoms with van der Waals surface area (Å²) in [6.45, 7) is 9.56. The molecule has 0 amide bonds. The molecule has 0 atom stereocenters. The van der Waals surface area contributed by atoms with E-state index in [-0.39, 0.29) is 0 Å². The fourth-order valence-corrected chi connectivity index (χ4v) is 2.34. The van der Waals surface area contributed by atoms with E-state index in [0.717, 1.165) is 14.2 Å². The van der Waals surface area contributed by atoms with Crippen LogP contribution in [0, 0.1) is 0 Å². The maximum atomic E-state index is 10.1. The van der Waals surface area contributed by atoms with Gasteiger partial charge in [0, 0.05) is 14.2 Å². The van der Waals surface area contributed by atoms with Gasteiger partial charge in [-0.25, -0.2) is 4.57 Å². The van der Waals surface area contributed by atoms with E-state index in [0.29, 0.717) is 0 Å². The van der Waals surface area contributed by atoms with E-state index in [1.54, 1.807) is 0 Å². The molecule has 0 aliphatic rings. The third-order valence-electron chi connectivity index (χ3n) is 1.74. The average molecular weight is 260 g/mol. The maximum Gasteiger partial charge on any atom is 0.471 e. The molecule has 0 aromatic heterocycles. The summed E-state index contributed by atoms with van der Waals surface area (Å²) >= 11 is 0. The minimum absolute atomic E-state index is 0.678. The van der Waals surface area contributed by atoms with Crippen molar-refractivity contribution in [3.8, 4) is 0 Å². The summed E-state index contributed by atoms with van der Waals surface area (Å²) in [5.74, 6) is 0. The van der Waals surface area contributed by atoms with E-state index in [2.05, 4.69) is 36.0 Å². The number of rotatable bonds is 5. The van der Waals surface area contributed by atoms with Crippen molar-refractivity contribution in [2.24, 2.45) is 0 Å². The quantitative estimate of drug-likeness (QED) is 0.772. The Morgan fingerprint density at radius 3 is 1.67 bits per heavy atom. The second-order valence-corrected chi connectivity index (χ2v) is 11.8. The van der Waals surface area contributed by atoms with Crippen molar-refractivity contribution in [3.63, 3.8) is 0 Å². The second kappa shape index (κ2) is 8.66. The van der Waals surface area contributed by atoms with Crippen molar-refractivity contribution >= 4 is 15.1 Å². The number of hydrogen-bond acceptors (Lipinski definition) is 3. The predicted molar refractivity (Wildman–Crippen MR) is 69.7 cm³/mol. The van der Waals surface area contributed by atoms with Crippen LogP contribution in [-0.4, -0.2) is 45.3 Å². The summed E-state index contributed by atoms with van der Waals surface area (Å²) in [7, 11) is -2.13. The van der Waals surface area contributed by atoms with Gasteiger partial charge < -0.3 is 4.89 Å². The first-order valence-corrected chi connectivity index (χ1v) is 10.3. The van der Waals surface area contributed by atoms with Crippen molar-refractivity contribution in [2.45, 2.75) is 19.8 Å². The zero-order valence-electron chi connectivity index (χ0n) is 10.7. The molecule has 0 radical (unpaired) electrons. The second-order valence-electron chi connectivity index (χ2n) is 4.50. The van der Waals surface area contributed by atoms with E-state index in [1.165, 1.54) is 19.0 Å².